The first kappa shape index (κ1) is 10.8. The van der Waals surface area contributed by atoms with E-state index in [2.05, 4.69) is 15.0 Å². The molecule has 0 fully saturated rings. The predicted molar refractivity (Wildman–Crippen MR) is 59.3 cm³/mol. The molecule has 16 heavy (non-hydrogen) atoms. The minimum Gasteiger partial charge on any atom is -0.369 e. The van der Waals surface area contributed by atoms with Gasteiger partial charge in [0, 0.05) is 5.92 Å². The minimum atomic E-state index is -0.230. The lowest BCUT2D eigenvalue weighted by Crippen LogP contribution is -2.23. The van der Waals surface area contributed by atoms with Crippen molar-refractivity contribution in [3.8, 4) is 11.5 Å². The fourth-order valence-corrected chi connectivity index (χ4v) is 1.62. The summed E-state index contributed by atoms with van der Waals surface area (Å²) in [4.78, 5) is 23.6. The molecule has 2 heterocycles. The molecule has 0 aromatic heterocycles. The molecule has 7 heteroatoms. The molecular weight excluding hydrogens is 230 g/mol. The van der Waals surface area contributed by atoms with Crippen molar-refractivity contribution in [3.05, 3.63) is 11.5 Å². The van der Waals surface area contributed by atoms with Gasteiger partial charge >= 0.3 is 0 Å². The second-order valence-electron chi connectivity index (χ2n) is 3.64. The molecule has 0 aromatic rings. The number of nitrogens with two attached hydrogens (primary N) is 1. The van der Waals surface area contributed by atoms with Crippen LogP contribution in [0.15, 0.2) is 6.33 Å². The number of carbonyl (C=O) groups excluding carboxylic acids is 1. The molecule has 2 aliphatic heterocycles. The number of nitrogen functional groups attached to an aromatic ring is 1. The molecule has 2 aliphatic rings. The van der Waals surface area contributed by atoms with Crippen LogP contribution in [0.4, 0.5) is 5.95 Å². The van der Waals surface area contributed by atoms with Crippen LogP contribution in [0, 0.1) is 5.92 Å². The summed E-state index contributed by atoms with van der Waals surface area (Å²) in [6.45, 7) is 3.51. The summed E-state index contributed by atoms with van der Waals surface area (Å²) in [6, 6.07) is 0. The van der Waals surface area contributed by atoms with Crippen LogP contribution in [0.2, 0.25) is 5.15 Å². The number of hydrogen-bond donors (Lipinski definition) is 1. The third-order valence-electron chi connectivity index (χ3n) is 2.13. The van der Waals surface area contributed by atoms with Crippen molar-refractivity contribution in [2.75, 3.05) is 5.73 Å². The number of aromatic nitrogens is 4. The third-order valence-corrected chi connectivity index (χ3v) is 2.48. The molecule has 2 rings (SSSR count). The van der Waals surface area contributed by atoms with Crippen LogP contribution >= 0.6 is 11.6 Å². The van der Waals surface area contributed by atoms with Crippen molar-refractivity contribution in [2.24, 2.45) is 5.92 Å². The molecule has 2 N–H and O–H groups in total. The van der Waals surface area contributed by atoms with Gasteiger partial charge in [0.05, 0.1) is 0 Å². The Bertz CT molecular complexity index is 521. The van der Waals surface area contributed by atoms with Gasteiger partial charge in [0.2, 0.25) is 11.9 Å². The van der Waals surface area contributed by atoms with E-state index in [4.69, 9.17) is 17.3 Å². The van der Waals surface area contributed by atoms with Gasteiger partial charge in [-0.2, -0.15) is 4.98 Å². The molecule has 6 nitrogen and oxygen atoms in total. The van der Waals surface area contributed by atoms with Crippen LogP contribution in [0.1, 0.15) is 18.6 Å². The summed E-state index contributed by atoms with van der Waals surface area (Å²) in [5.74, 6) is -0.0844. The Labute approximate surface area is 96.8 Å². The quantitative estimate of drug-likeness (QED) is 0.758. The average molecular weight is 240 g/mol. The molecule has 0 radical (unpaired) electrons. The van der Waals surface area contributed by atoms with Crippen LogP contribution in [-0.2, 0) is 0 Å². The smallest absolute Gasteiger partial charge is 0.237 e. The number of fused-ring (bicyclic) bond motifs is 1. The maximum absolute atomic E-state index is 11.9. The Morgan fingerprint density at radius 2 is 2.19 bits per heavy atom. The highest BCUT2D eigenvalue weighted by molar-refractivity contribution is 6.33. The Kier molecular flexibility index (Phi) is 2.51. The van der Waals surface area contributed by atoms with Crippen LogP contribution in [0.3, 0.4) is 0 Å². The van der Waals surface area contributed by atoms with Crippen LogP contribution in [0.25, 0.3) is 11.5 Å². The van der Waals surface area contributed by atoms with Crippen molar-refractivity contribution in [3.63, 3.8) is 0 Å². The average Bonchev–Trinajstić information content (AvgIpc) is 2.65. The fraction of sp³-hybridized carbons (Fsp3) is 0.333. The second kappa shape index (κ2) is 3.71. The Morgan fingerprint density at radius 3 is 2.81 bits per heavy atom. The van der Waals surface area contributed by atoms with Crippen molar-refractivity contribution >= 4 is 23.5 Å². The highest BCUT2D eigenvalue weighted by atomic mass is 35.5. The third kappa shape index (κ3) is 1.51. The Morgan fingerprint density at radius 1 is 1.50 bits per heavy atom. The minimum absolute atomic E-state index is 0.0247. The van der Waals surface area contributed by atoms with Crippen molar-refractivity contribution in [1.29, 1.82) is 0 Å². The van der Waals surface area contributed by atoms with Crippen LogP contribution in [-0.4, -0.2) is 25.4 Å². The SMILES string of the molecule is CC(C)C(=O)n1c(N)nc2ncnc-2c1Cl. The van der Waals surface area contributed by atoms with Gasteiger partial charge in [-0.25, -0.2) is 14.5 Å². The van der Waals surface area contributed by atoms with E-state index in [0.717, 1.165) is 4.57 Å². The summed E-state index contributed by atoms with van der Waals surface area (Å²) in [6.07, 6.45) is 1.33. The lowest BCUT2D eigenvalue weighted by Gasteiger charge is -2.14. The first-order chi connectivity index (χ1) is 7.52. The molecule has 0 amide bonds. The summed E-state index contributed by atoms with van der Waals surface area (Å²) >= 11 is 6.05. The zero-order valence-electron chi connectivity index (χ0n) is 8.81. The highest BCUT2D eigenvalue weighted by Crippen LogP contribution is 2.27. The second-order valence-corrected chi connectivity index (χ2v) is 3.99. The molecule has 0 saturated heterocycles. The van der Waals surface area contributed by atoms with E-state index in [1.165, 1.54) is 6.33 Å². The van der Waals surface area contributed by atoms with E-state index in [1.54, 1.807) is 13.8 Å². The molecular formula is C9H10ClN5O. The van der Waals surface area contributed by atoms with E-state index < -0.39 is 0 Å². The van der Waals surface area contributed by atoms with Gasteiger partial charge in [-0.15, -0.1) is 0 Å². The summed E-state index contributed by atoms with van der Waals surface area (Å²) in [5, 5.41) is 0.152. The number of hydrogen-bond acceptors (Lipinski definition) is 5. The lowest BCUT2D eigenvalue weighted by atomic mass is 10.2. The zero-order chi connectivity index (χ0) is 11.9. The van der Waals surface area contributed by atoms with E-state index in [0.29, 0.717) is 11.5 Å². The van der Waals surface area contributed by atoms with Gasteiger partial charge in [0.15, 0.2) is 5.82 Å². The molecule has 0 aliphatic carbocycles. The molecule has 0 aromatic carbocycles. The van der Waals surface area contributed by atoms with Gasteiger partial charge < -0.3 is 5.73 Å². The van der Waals surface area contributed by atoms with Gasteiger partial charge in [-0.05, 0) is 0 Å². The first-order valence-corrected chi connectivity index (χ1v) is 5.08. The van der Waals surface area contributed by atoms with Crippen molar-refractivity contribution in [2.45, 2.75) is 13.8 Å². The van der Waals surface area contributed by atoms with Gasteiger partial charge in [-0.3, -0.25) is 4.79 Å². The monoisotopic (exact) mass is 239 g/mol. The van der Waals surface area contributed by atoms with Crippen molar-refractivity contribution < 1.29 is 4.79 Å². The van der Waals surface area contributed by atoms with E-state index >= 15 is 0 Å². The van der Waals surface area contributed by atoms with E-state index in [1.807, 2.05) is 0 Å². The molecule has 0 bridgehead atoms. The number of imidazole rings is 1. The first-order valence-electron chi connectivity index (χ1n) is 4.71. The predicted octanol–water partition coefficient (Wildman–Crippen LogP) is 1.31. The van der Waals surface area contributed by atoms with Crippen LogP contribution < -0.4 is 5.73 Å². The summed E-state index contributed by atoms with van der Waals surface area (Å²) in [5.41, 5.74) is 6.04. The molecule has 0 atom stereocenters. The van der Waals surface area contributed by atoms with Crippen LogP contribution in [0.5, 0.6) is 0 Å². The van der Waals surface area contributed by atoms with E-state index in [9.17, 15) is 4.79 Å². The Hall–Kier alpha value is -1.69. The van der Waals surface area contributed by atoms with Gasteiger partial charge in [0.1, 0.15) is 17.2 Å². The molecule has 84 valence electrons. The topological polar surface area (TPSA) is 86.7 Å². The maximum atomic E-state index is 11.9. The standard InChI is InChI=1S/C9H10ClN5O/c1-4(2)8(16)15-6(10)5-7(13-3-12-5)14-9(15)11/h3-4H,1-2H3,(H2,11,12,13,14). The normalized spacial score (nSPS) is 11.2. The van der Waals surface area contributed by atoms with Gasteiger partial charge in [-0.1, -0.05) is 25.4 Å². The zero-order valence-corrected chi connectivity index (χ0v) is 9.56. The number of carbonyl (C=O) groups is 1. The summed E-state index contributed by atoms with van der Waals surface area (Å²) in [7, 11) is 0. The number of anilines is 1. The number of rotatable bonds is 1. The Balaban J connectivity index is 2.70. The van der Waals surface area contributed by atoms with E-state index in [-0.39, 0.29) is 22.9 Å². The maximum Gasteiger partial charge on any atom is 0.237 e. The fourth-order valence-electron chi connectivity index (χ4n) is 1.32. The lowest BCUT2D eigenvalue weighted by molar-refractivity contribution is 0.0857. The van der Waals surface area contributed by atoms with Crippen molar-refractivity contribution in [1.82, 2.24) is 19.5 Å². The molecule has 0 spiro atoms. The molecule has 0 saturated carbocycles. The highest BCUT2D eigenvalue weighted by Gasteiger charge is 2.23. The summed E-state index contributed by atoms with van der Waals surface area (Å²) < 4.78 is 1.16. The van der Waals surface area contributed by atoms with Gasteiger partial charge in [0.25, 0.3) is 0 Å². The molecule has 0 unspecified atom stereocenters. The number of halogens is 1. The number of nitrogens with zero attached hydrogens (tertiary/aromatic N) is 4. The largest absolute Gasteiger partial charge is 0.369 e.